The zero-order valence-electron chi connectivity index (χ0n) is 15.5. The van der Waals surface area contributed by atoms with Crippen molar-refractivity contribution in [3.8, 4) is 11.5 Å². The summed E-state index contributed by atoms with van der Waals surface area (Å²) in [5, 5.41) is 8.39. The zero-order valence-corrected chi connectivity index (χ0v) is 15.5. The summed E-state index contributed by atoms with van der Waals surface area (Å²) in [6, 6.07) is 12.6. The lowest BCUT2D eigenvalue weighted by molar-refractivity contribution is -0.122. The summed E-state index contributed by atoms with van der Waals surface area (Å²) in [6.45, 7) is 1.94. The van der Waals surface area contributed by atoms with E-state index in [0.717, 1.165) is 10.9 Å². The van der Waals surface area contributed by atoms with Crippen molar-refractivity contribution in [3.63, 3.8) is 0 Å². The Kier molecular flexibility index (Phi) is 5.40. The molecule has 2 aromatic carbocycles. The Bertz CT molecular complexity index is 1040. The molecule has 140 valence electrons. The molecule has 0 atom stereocenters. The molecule has 0 unspecified atom stereocenters. The second-order valence-corrected chi connectivity index (χ2v) is 6.05. The van der Waals surface area contributed by atoms with Crippen LogP contribution in [0.4, 0.5) is 0 Å². The summed E-state index contributed by atoms with van der Waals surface area (Å²) in [4.78, 5) is 24.9. The number of hydrogen-bond acceptors (Lipinski definition) is 5. The van der Waals surface area contributed by atoms with Gasteiger partial charge in [-0.05, 0) is 25.1 Å². The minimum atomic E-state index is -0.308. The minimum Gasteiger partial charge on any atom is -0.497 e. The van der Waals surface area contributed by atoms with E-state index in [1.807, 2.05) is 25.1 Å². The van der Waals surface area contributed by atoms with Crippen LogP contribution in [0.15, 0.2) is 47.3 Å². The Morgan fingerprint density at radius 2 is 1.85 bits per heavy atom. The third kappa shape index (κ3) is 3.92. The number of rotatable bonds is 6. The van der Waals surface area contributed by atoms with E-state index in [4.69, 9.17) is 9.47 Å². The quantitative estimate of drug-likeness (QED) is 0.721. The van der Waals surface area contributed by atoms with Crippen LogP contribution in [0.3, 0.4) is 0 Å². The van der Waals surface area contributed by atoms with Crippen molar-refractivity contribution < 1.29 is 14.3 Å². The number of aromatic nitrogens is 2. The van der Waals surface area contributed by atoms with Crippen LogP contribution >= 0.6 is 0 Å². The highest BCUT2D eigenvalue weighted by atomic mass is 16.5. The molecule has 0 aliphatic carbocycles. The Morgan fingerprint density at radius 3 is 2.56 bits per heavy atom. The summed E-state index contributed by atoms with van der Waals surface area (Å²) in [7, 11) is 3.13. The number of amides is 1. The largest absolute Gasteiger partial charge is 0.497 e. The van der Waals surface area contributed by atoms with Gasteiger partial charge < -0.3 is 14.8 Å². The maximum atomic E-state index is 12.5. The van der Waals surface area contributed by atoms with E-state index in [9.17, 15) is 9.59 Å². The molecule has 3 aromatic rings. The molecule has 0 radical (unpaired) electrons. The zero-order chi connectivity index (χ0) is 19.4. The molecule has 0 aliphatic heterocycles. The molecular formula is C20H21N3O4. The summed E-state index contributed by atoms with van der Waals surface area (Å²) >= 11 is 0. The Morgan fingerprint density at radius 1 is 1.11 bits per heavy atom. The van der Waals surface area contributed by atoms with E-state index < -0.39 is 0 Å². The normalized spacial score (nSPS) is 10.6. The topological polar surface area (TPSA) is 82.5 Å². The number of ether oxygens (including phenoxy) is 2. The van der Waals surface area contributed by atoms with Gasteiger partial charge in [0.1, 0.15) is 18.0 Å². The number of nitrogens with zero attached hydrogens (tertiary/aromatic N) is 2. The van der Waals surface area contributed by atoms with Crippen molar-refractivity contribution in [3.05, 3.63) is 64.1 Å². The fraction of sp³-hybridized carbons (Fsp3) is 0.250. The number of benzene rings is 2. The van der Waals surface area contributed by atoms with E-state index in [1.54, 1.807) is 38.5 Å². The fourth-order valence-electron chi connectivity index (χ4n) is 2.90. The van der Waals surface area contributed by atoms with Crippen LogP contribution in [0, 0.1) is 6.92 Å². The van der Waals surface area contributed by atoms with Crippen molar-refractivity contribution >= 4 is 16.7 Å². The first-order valence-corrected chi connectivity index (χ1v) is 8.47. The van der Waals surface area contributed by atoms with Crippen molar-refractivity contribution in [2.75, 3.05) is 14.2 Å². The van der Waals surface area contributed by atoms with Crippen LogP contribution in [-0.2, 0) is 17.9 Å². The number of carbonyl (C=O) groups excluding carboxylic acids is 1. The van der Waals surface area contributed by atoms with Crippen molar-refractivity contribution in [2.24, 2.45) is 0 Å². The monoisotopic (exact) mass is 367 g/mol. The number of fused-ring (bicyclic) bond motifs is 1. The lowest BCUT2D eigenvalue weighted by atomic mass is 10.1. The van der Waals surface area contributed by atoms with Crippen LogP contribution in [0.1, 0.15) is 11.3 Å². The summed E-state index contributed by atoms with van der Waals surface area (Å²) < 4.78 is 11.7. The molecule has 0 spiro atoms. The van der Waals surface area contributed by atoms with Gasteiger partial charge in [-0.3, -0.25) is 9.59 Å². The molecule has 0 saturated heterocycles. The standard InChI is InChI=1S/C20H21N3O4/c1-13-16-6-4-5-7-17(16)20(25)23(22-13)12-19(24)21-11-14-8-9-15(26-2)10-18(14)27-3/h4-10H,11-12H2,1-3H3,(H,21,24). The number of aryl methyl sites for hydroxylation is 1. The SMILES string of the molecule is COc1ccc(CNC(=O)Cn2nc(C)c3ccccc3c2=O)c(OC)c1. The van der Waals surface area contributed by atoms with Gasteiger partial charge in [0.15, 0.2) is 0 Å². The number of carbonyl (C=O) groups is 1. The molecule has 27 heavy (non-hydrogen) atoms. The molecule has 1 heterocycles. The number of nitrogens with one attached hydrogen (secondary N) is 1. The van der Waals surface area contributed by atoms with E-state index in [0.29, 0.717) is 22.6 Å². The lowest BCUT2D eigenvalue weighted by Gasteiger charge is -2.12. The highest BCUT2D eigenvalue weighted by molar-refractivity contribution is 5.83. The smallest absolute Gasteiger partial charge is 0.275 e. The molecule has 0 saturated carbocycles. The Labute approximate surface area is 156 Å². The van der Waals surface area contributed by atoms with Crippen molar-refractivity contribution in [1.82, 2.24) is 15.1 Å². The van der Waals surface area contributed by atoms with Crippen LogP contribution < -0.4 is 20.3 Å². The van der Waals surface area contributed by atoms with Gasteiger partial charge in [0, 0.05) is 23.6 Å². The number of hydrogen-bond donors (Lipinski definition) is 1. The molecule has 0 fully saturated rings. The molecule has 1 amide bonds. The van der Waals surface area contributed by atoms with E-state index in [-0.39, 0.29) is 24.6 Å². The van der Waals surface area contributed by atoms with E-state index >= 15 is 0 Å². The van der Waals surface area contributed by atoms with Crippen molar-refractivity contribution in [2.45, 2.75) is 20.0 Å². The van der Waals surface area contributed by atoms with Crippen LogP contribution in [-0.4, -0.2) is 29.9 Å². The first kappa shape index (κ1) is 18.4. The van der Waals surface area contributed by atoms with Crippen LogP contribution in [0.25, 0.3) is 10.8 Å². The average molecular weight is 367 g/mol. The maximum absolute atomic E-state index is 12.5. The van der Waals surface area contributed by atoms with Gasteiger partial charge in [0.05, 0.1) is 25.3 Å². The lowest BCUT2D eigenvalue weighted by Crippen LogP contribution is -2.33. The summed E-state index contributed by atoms with van der Waals surface area (Å²) in [6.07, 6.45) is 0. The van der Waals surface area contributed by atoms with E-state index in [1.165, 1.54) is 4.68 Å². The van der Waals surface area contributed by atoms with Gasteiger partial charge >= 0.3 is 0 Å². The minimum absolute atomic E-state index is 0.150. The van der Waals surface area contributed by atoms with Gasteiger partial charge in [-0.15, -0.1) is 0 Å². The van der Waals surface area contributed by atoms with Gasteiger partial charge in [0.2, 0.25) is 5.91 Å². The highest BCUT2D eigenvalue weighted by Crippen LogP contribution is 2.24. The molecule has 1 aromatic heterocycles. The van der Waals surface area contributed by atoms with E-state index in [2.05, 4.69) is 10.4 Å². The maximum Gasteiger partial charge on any atom is 0.275 e. The molecular weight excluding hydrogens is 346 g/mol. The third-order valence-corrected chi connectivity index (χ3v) is 4.32. The van der Waals surface area contributed by atoms with Gasteiger partial charge in [-0.1, -0.05) is 18.2 Å². The van der Waals surface area contributed by atoms with Crippen molar-refractivity contribution in [1.29, 1.82) is 0 Å². The first-order valence-electron chi connectivity index (χ1n) is 8.47. The predicted octanol–water partition coefficient (Wildman–Crippen LogP) is 2.04. The molecule has 1 N–H and O–H groups in total. The Balaban J connectivity index is 1.75. The van der Waals surface area contributed by atoms with Crippen LogP contribution in [0.2, 0.25) is 0 Å². The summed E-state index contributed by atoms with van der Waals surface area (Å²) in [5.41, 5.74) is 1.23. The number of methoxy groups -OCH3 is 2. The van der Waals surface area contributed by atoms with Gasteiger partial charge in [-0.2, -0.15) is 5.10 Å². The third-order valence-electron chi connectivity index (χ3n) is 4.32. The molecule has 3 rings (SSSR count). The second kappa shape index (κ2) is 7.90. The highest BCUT2D eigenvalue weighted by Gasteiger charge is 2.12. The Hall–Kier alpha value is -3.35. The van der Waals surface area contributed by atoms with Gasteiger partial charge in [0.25, 0.3) is 5.56 Å². The summed E-state index contributed by atoms with van der Waals surface area (Å²) in [5.74, 6) is 0.980. The average Bonchev–Trinajstić information content (AvgIpc) is 2.70. The fourth-order valence-corrected chi connectivity index (χ4v) is 2.90. The molecule has 0 aliphatic rings. The molecule has 0 bridgehead atoms. The second-order valence-electron chi connectivity index (χ2n) is 6.05. The van der Waals surface area contributed by atoms with Crippen LogP contribution in [0.5, 0.6) is 11.5 Å². The molecule has 7 nitrogen and oxygen atoms in total. The molecule has 7 heteroatoms. The first-order chi connectivity index (χ1) is 13.0. The van der Waals surface area contributed by atoms with Gasteiger partial charge in [-0.25, -0.2) is 4.68 Å². The predicted molar refractivity (Wildman–Crippen MR) is 102 cm³/mol.